The van der Waals surface area contributed by atoms with Gasteiger partial charge in [-0.1, -0.05) is 6.92 Å². The van der Waals surface area contributed by atoms with Crippen LogP contribution in [0.1, 0.15) is 39.0 Å². The molecule has 0 atom stereocenters. The standard InChI is InChI=1S/C10H19N/c1-2-10(5-6-10)9-11-7-3-4-8-11/h2-9H2,1H3. The minimum atomic E-state index is 0.782. The molecule has 1 heterocycles. The molecular weight excluding hydrogens is 134 g/mol. The number of rotatable bonds is 3. The Morgan fingerprint density at radius 1 is 1.18 bits per heavy atom. The summed E-state index contributed by atoms with van der Waals surface area (Å²) in [6.45, 7) is 6.51. The smallest absolute Gasteiger partial charge is 0.00379 e. The summed E-state index contributed by atoms with van der Waals surface area (Å²) in [6, 6.07) is 0. The van der Waals surface area contributed by atoms with Crippen LogP contribution >= 0.6 is 0 Å². The molecule has 0 aromatic heterocycles. The molecule has 0 bridgehead atoms. The van der Waals surface area contributed by atoms with Crippen molar-refractivity contribution >= 4 is 0 Å². The molecule has 0 unspecified atom stereocenters. The van der Waals surface area contributed by atoms with E-state index < -0.39 is 0 Å². The summed E-state index contributed by atoms with van der Waals surface area (Å²) in [5.41, 5.74) is 0.782. The Morgan fingerprint density at radius 3 is 2.27 bits per heavy atom. The largest absolute Gasteiger partial charge is 0.303 e. The van der Waals surface area contributed by atoms with Crippen molar-refractivity contribution in [2.45, 2.75) is 39.0 Å². The van der Waals surface area contributed by atoms with Crippen LogP contribution in [0.25, 0.3) is 0 Å². The van der Waals surface area contributed by atoms with Crippen molar-refractivity contribution in [3.8, 4) is 0 Å². The van der Waals surface area contributed by atoms with Crippen molar-refractivity contribution < 1.29 is 0 Å². The monoisotopic (exact) mass is 153 g/mol. The van der Waals surface area contributed by atoms with Crippen LogP contribution in [-0.2, 0) is 0 Å². The van der Waals surface area contributed by atoms with Gasteiger partial charge in [0.2, 0.25) is 0 Å². The van der Waals surface area contributed by atoms with Crippen molar-refractivity contribution in [1.82, 2.24) is 4.90 Å². The number of likely N-dealkylation sites (tertiary alicyclic amines) is 1. The van der Waals surface area contributed by atoms with Crippen molar-refractivity contribution in [2.24, 2.45) is 5.41 Å². The molecule has 1 saturated heterocycles. The second-order valence-electron chi connectivity index (χ2n) is 4.34. The summed E-state index contributed by atoms with van der Waals surface area (Å²) < 4.78 is 0. The Labute approximate surface area is 69.8 Å². The van der Waals surface area contributed by atoms with Crippen LogP contribution in [-0.4, -0.2) is 24.5 Å². The predicted octanol–water partition coefficient (Wildman–Crippen LogP) is 2.27. The molecule has 1 heteroatoms. The molecule has 0 radical (unpaired) electrons. The fourth-order valence-electron chi connectivity index (χ4n) is 2.22. The zero-order chi connectivity index (χ0) is 7.73. The van der Waals surface area contributed by atoms with E-state index in [4.69, 9.17) is 0 Å². The van der Waals surface area contributed by atoms with Gasteiger partial charge in [0.05, 0.1) is 0 Å². The lowest BCUT2D eigenvalue weighted by molar-refractivity contribution is 0.259. The van der Waals surface area contributed by atoms with Crippen molar-refractivity contribution in [2.75, 3.05) is 19.6 Å². The maximum atomic E-state index is 2.66. The van der Waals surface area contributed by atoms with Crippen LogP contribution in [0.5, 0.6) is 0 Å². The van der Waals surface area contributed by atoms with Gasteiger partial charge in [-0.05, 0) is 50.6 Å². The highest BCUT2D eigenvalue weighted by Crippen LogP contribution is 2.49. The summed E-state index contributed by atoms with van der Waals surface area (Å²) in [7, 11) is 0. The molecule has 0 amide bonds. The van der Waals surface area contributed by atoms with E-state index in [2.05, 4.69) is 11.8 Å². The van der Waals surface area contributed by atoms with Gasteiger partial charge in [0.1, 0.15) is 0 Å². The van der Waals surface area contributed by atoms with Gasteiger partial charge < -0.3 is 4.90 Å². The van der Waals surface area contributed by atoms with Crippen molar-refractivity contribution in [1.29, 1.82) is 0 Å². The number of nitrogens with zero attached hydrogens (tertiary/aromatic N) is 1. The van der Waals surface area contributed by atoms with E-state index >= 15 is 0 Å². The van der Waals surface area contributed by atoms with Crippen LogP contribution < -0.4 is 0 Å². The minimum absolute atomic E-state index is 0.782. The first kappa shape index (κ1) is 7.60. The first-order valence-electron chi connectivity index (χ1n) is 5.07. The first-order chi connectivity index (χ1) is 5.35. The lowest BCUT2D eigenvalue weighted by Gasteiger charge is -2.21. The second-order valence-corrected chi connectivity index (χ2v) is 4.34. The average molecular weight is 153 g/mol. The van der Waals surface area contributed by atoms with Crippen LogP contribution in [0.4, 0.5) is 0 Å². The Kier molecular flexibility index (Phi) is 1.92. The molecule has 1 saturated carbocycles. The molecule has 1 aliphatic carbocycles. The highest BCUT2D eigenvalue weighted by Gasteiger charge is 2.41. The average Bonchev–Trinajstić information content (AvgIpc) is 2.59. The van der Waals surface area contributed by atoms with Crippen LogP contribution in [0, 0.1) is 5.41 Å². The van der Waals surface area contributed by atoms with Gasteiger partial charge >= 0.3 is 0 Å². The Morgan fingerprint density at radius 2 is 1.82 bits per heavy atom. The van der Waals surface area contributed by atoms with E-state index in [0.29, 0.717) is 0 Å². The summed E-state index contributed by atoms with van der Waals surface area (Å²) >= 11 is 0. The van der Waals surface area contributed by atoms with E-state index in [1.165, 1.54) is 51.7 Å². The van der Waals surface area contributed by atoms with Gasteiger partial charge in [-0.2, -0.15) is 0 Å². The summed E-state index contributed by atoms with van der Waals surface area (Å²) in [5, 5.41) is 0. The fraction of sp³-hybridized carbons (Fsp3) is 1.00. The van der Waals surface area contributed by atoms with E-state index in [0.717, 1.165) is 5.41 Å². The Hall–Kier alpha value is -0.0400. The molecule has 2 aliphatic rings. The Bertz CT molecular complexity index is 132. The zero-order valence-corrected chi connectivity index (χ0v) is 7.60. The lowest BCUT2D eigenvalue weighted by atomic mass is 10.0. The molecule has 64 valence electrons. The Balaban J connectivity index is 1.80. The maximum absolute atomic E-state index is 2.66. The molecule has 1 aliphatic heterocycles. The van der Waals surface area contributed by atoms with E-state index in [9.17, 15) is 0 Å². The summed E-state index contributed by atoms with van der Waals surface area (Å²) in [5.74, 6) is 0. The van der Waals surface area contributed by atoms with E-state index in [1.54, 1.807) is 0 Å². The van der Waals surface area contributed by atoms with Gasteiger partial charge in [0.25, 0.3) is 0 Å². The normalized spacial score (nSPS) is 29.2. The molecule has 0 aromatic rings. The number of hydrogen-bond donors (Lipinski definition) is 0. The molecule has 2 fully saturated rings. The fourth-order valence-corrected chi connectivity index (χ4v) is 2.22. The third kappa shape index (κ3) is 1.58. The maximum Gasteiger partial charge on any atom is 0.00379 e. The van der Waals surface area contributed by atoms with Gasteiger partial charge in [-0.25, -0.2) is 0 Å². The van der Waals surface area contributed by atoms with Gasteiger partial charge in [0, 0.05) is 6.54 Å². The third-order valence-corrected chi connectivity index (χ3v) is 3.46. The van der Waals surface area contributed by atoms with Gasteiger partial charge in [-0.15, -0.1) is 0 Å². The third-order valence-electron chi connectivity index (χ3n) is 3.46. The van der Waals surface area contributed by atoms with Gasteiger partial charge in [0.15, 0.2) is 0 Å². The van der Waals surface area contributed by atoms with Crippen LogP contribution in [0.3, 0.4) is 0 Å². The quantitative estimate of drug-likeness (QED) is 0.601. The molecule has 0 N–H and O–H groups in total. The molecule has 1 nitrogen and oxygen atoms in total. The summed E-state index contributed by atoms with van der Waals surface area (Å²) in [4.78, 5) is 2.66. The van der Waals surface area contributed by atoms with Gasteiger partial charge in [-0.3, -0.25) is 0 Å². The number of hydrogen-bond acceptors (Lipinski definition) is 1. The van der Waals surface area contributed by atoms with E-state index in [-0.39, 0.29) is 0 Å². The first-order valence-corrected chi connectivity index (χ1v) is 5.07. The molecule has 0 aromatic carbocycles. The topological polar surface area (TPSA) is 3.24 Å². The molecule has 0 spiro atoms. The SMILES string of the molecule is CCC1(CN2CCCC2)CC1. The highest BCUT2D eigenvalue weighted by molar-refractivity contribution is 4.94. The summed E-state index contributed by atoms with van der Waals surface area (Å²) in [6.07, 6.45) is 7.29. The lowest BCUT2D eigenvalue weighted by Crippen LogP contribution is -2.27. The van der Waals surface area contributed by atoms with Crippen molar-refractivity contribution in [3.05, 3.63) is 0 Å². The molecule has 11 heavy (non-hydrogen) atoms. The van der Waals surface area contributed by atoms with E-state index in [1.807, 2.05) is 0 Å². The highest BCUT2D eigenvalue weighted by atomic mass is 15.1. The molecule has 2 rings (SSSR count). The zero-order valence-electron chi connectivity index (χ0n) is 7.60. The second kappa shape index (κ2) is 2.78. The van der Waals surface area contributed by atoms with Crippen molar-refractivity contribution in [3.63, 3.8) is 0 Å². The minimum Gasteiger partial charge on any atom is -0.303 e. The van der Waals surface area contributed by atoms with Crippen LogP contribution in [0.2, 0.25) is 0 Å². The van der Waals surface area contributed by atoms with Crippen LogP contribution in [0.15, 0.2) is 0 Å². The molecular formula is C10H19N. The predicted molar refractivity (Wildman–Crippen MR) is 47.6 cm³/mol.